The third kappa shape index (κ3) is 3.30. The number of anilines is 1. The van der Waals surface area contributed by atoms with E-state index in [4.69, 9.17) is 0 Å². The van der Waals surface area contributed by atoms with Crippen molar-refractivity contribution < 1.29 is 9.50 Å². The predicted molar refractivity (Wildman–Crippen MR) is 77.0 cm³/mol. The molecule has 106 valence electrons. The molecule has 0 aliphatic rings. The fourth-order valence-corrected chi connectivity index (χ4v) is 1.89. The van der Waals surface area contributed by atoms with Crippen molar-refractivity contribution >= 4 is 5.82 Å². The van der Waals surface area contributed by atoms with Crippen molar-refractivity contribution in [3.05, 3.63) is 42.0 Å². The molecule has 0 fully saturated rings. The minimum atomic E-state index is -0.323. The van der Waals surface area contributed by atoms with Gasteiger partial charge in [0, 0.05) is 5.56 Å². The third-order valence-corrected chi connectivity index (χ3v) is 3.10. The van der Waals surface area contributed by atoms with Crippen LogP contribution >= 0.6 is 0 Å². The molecule has 0 saturated heterocycles. The van der Waals surface area contributed by atoms with Gasteiger partial charge in [-0.15, -0.1) is 0 Å². The second-order valence-electron chi connectivity index (χ2n) is 4.70. The quantitative estimate of drug-likeness (QED) is 0.881. The van der Waals surface area contributed by atoms with Gasteiger partial charge in [0.15, 0.2) is 0 Å². The van der Waals surface area contributed by atoms with Gasteiger partial charge in [0.25, 0.3) is 0 Å². The van der Waals surface area contributed by atoms with Crippen LogP contribution in [0.3, 0.4) is 0 Å². The number of aromatic nitrogens is 2. The minimum absolute atomic E-state index is 0.0151. The molecule has 0 aliphatic carbocycles. The van der Waals surface area contributed by atoms with E-state index in [0.29, 0.717) is 17.1 Å². The standard InChI is InChI=1S/C15H18FN3O/c1-3-11(9-20)18-15-8-17-7-14(19-15)12-6-10(2)4-5-13(12)16/h4-8,11,20H,3,9H2,1-2H3,(H,18,19). The summed E-state index contributed by atoms with van der Waals surface area (Å²) in [6.45, 7) is 3.88. The van der Waals surface area contributed by atoms with Gasteiger partial charge in [-0.05, 0) is 25.5 Å². The van der Waals surface area contributed by atoms with E-state index < -0.39 is 0 Å². The molecule has 0 amide bonds. The van der Waals surface area contributed by atoms with Crippen molar-refractivity contribution in [3.63, 3.8) is 0 Å². The second-order valence-corrected chi connectivity index (χ2v) is 4.70. The lowest BCUT2D eigenvalue weighted by Crippen LogP contribution is -2.23. The van der Waals surface area contributed by atoms with E-state index in [0.717, 1.165) is 12.0 Å². The molecule has 5 heteroatoms. The number of benzene rings is 1. The van der Waals surface area contributed by atoms with Crippen LogP contribution in [-0.2, 0) is 0 Å². The number of halogens is 1. The van der Waals surface area contributed by atoms with Gasteiger partial charge in [-0.25, -0.2) is 9.37 Å². The van der Waals surface area contributed by atoms with E-state index in [1.54, 1.807) is 18.3 Å². The number of aryl methyl sites for hydroxylation is 1. The number of nitrogens with one attached hydrogen (secondary N) is 1. The fourth-order valence-electron chi connectivity index (χ4n) is 1.89. The van der Waals surface area contributed by atoms with Gasteiger partial charge in [0.1, 0.15) is 11.6 Å². The molecule has 0 aliphatic heterocycles. The minimum Gasteiger partial charge on any atom is -0.394 e. The topological polar surface area (TPSA) is 58.0 Å². The van der Waals surface area contributed by atoms with E-state index in [2.05, 4.69) is 15.3 Å². The maximum absolute atomic E-state index is 13.9. The predicted octanol–water partition coefficient (Wildman–Crippen LogP) is 2.77. The molecule has 1 heterocycles. The summed E-state index contributed by atoms with van der Waals surface area (Å²) in [7, 11) is 0. The summed E-state index contributed by atoms with van der Waals surface area (Å²) in [5, 5.41) is 12.3. The lowest BCUT2D eigenvalue weighted by molar-refractivity contribution is 0.271. The number of hydrogen-bond acceptors (Lipinski definition) is 4. The summed E-state index contributed by atoms with van der Waals surface area (Å²) in [6.07, 6.45) is 3.86. The average Bonchev–Trinajstić information content (AvgIpc) is 2.47. The zero-order valence-electron chi connectivity index (χ0n) is 11.6. The van der Waals surface area contributed by atoms with Crippen LogP contribution in [0.4, 0.5) is 10.2 Å². The Morgan fingerprint density at radius 1 is 1.35 bits per heavy atom. The molecule has 1 aromatic heterocycles. The van der Waals surface area contributed by atoms with Crippen LogP contribution in [0.5, 0.6) is 0 Å². The zero-order valence-corrected chi connectivity index (χ0v) is 11.6. The Morgan fingerprint density at radius 3 is 2.85 bits per heavy atom. The Morgan fingerprint density at radius 2 is 2.15 bits per heavy atom. The normalized spacial score (nSPS) is 12.2. The SMILES string of the molecule is CCC(CO)Nc1cncc(-c2cc(C)ccc2F)n1. The van der Waals surface area contributed by atoms with Gasteiger partial charge in [0.2, 0.25) is 0 Å². The highest BCUT2D eigenvalue weighted by Crippen LogP contribution is 2.22. The lowest BCUT2D eigenvalue weighted by atomic mass is 10.1. The summed E-state index contributed by atoms with van der Waals surface area (Å²) in [6, 6.07) is 4.80. The number of aliphatic hydroxyl groups is 1. The van der Waals surface area contributed by atoms with Gasteiger partial charge in [-0.3, -0.25) is 4.98 Å². The monoisotopic (exact) mass is 275 g/mol. The molecule has 0 spiro atoms. The maximum Gasteiger partial charge on any atom is 0.145 e. The molecule has 2 rings (SSSR count). The van der Waals surface area contributed by atoms with Crippen molar-refractivity contribution in [2.24, 2.45) is 0 Å². The Hall–Kier alpha value is -2.01. The molecule has 2 N–H and O–H groups in total. The van der Waals surface area contributed by atoms with Crippen molar-refractivity contribution in [2.75, 3.05) is 11.9 Å². The Balaban J connectivity index is 2.32. The van der Waals surface area contributed by atoms with E-state index in [9.17, 15) is 9.50 Å². The number of hydrogen-bond donors (Lipinski definition) is 2. The molecule has 4 nitrogen and oxygen atoms in total. The van der Waals surface area contributed by atoms with Crippen LogP contribution in [0.2, 0.25) is 0 Å². The smallest absolute Gasteiger partial charge is 0.145 e. The highest BCUT2D eigenvalue weighted by Gasteiger charge is 2.10. The molecule has 2 aromatic rings. The number of rotatable bonds is 5. The first-order chi connectivity index (χ1) is 9.63. The van der Waals surface area contributed by atoms with E-state index in [-0.39, 0.29) is 18.5 Å². The fraction of sp³-hybridized carbons (Fsp3) is 0.333. The Kier molecular flexibility index (Phi) is 4.63. The first-order valence-corrected chi connectivity index (χ1v) is 6.60. The van der Waals surface area contributed by atoms with Crippen LogP contribution in [0.15, 0.2) is 30.6 Å². The third-order valence-electron chi connectivity index (χ3n) is 3.10. The molecule has 0 radical (unpaired) electrons. The molecule has 1 aromatic carbocycles. The Labute approximate surface area is 117 Å². The lowest BCUT2D eigenvalue weighted by Gasteiger charge is -2.15. The Bertz CT molecular complexity index is 585. The van der Waals surface area contributed by atoms with Crippen molar-refractivity contribution in [2.45, 2.75) is 26.3 Å². The molecule has 1 atom stereocenters. The van der Waals surface area contributed by atoms with E-state index in [1.165, 1.54) is 12.3 Å². The molecule has 20 heavy (non-hydrogen) atoms. The van der Waals surface area contributed by atoms with Crippen molar-refractivity contribution in [1.29, 1.82) is 0 Å². The molecule has 1 unspecified atom stereocenters. The highest BCUT2D eigenvalue weighted by molar-refractivity contribution is 5.61. The first-order valence-electron chi connectivity index (χ1n) is 6.60. The summed E-state index contributed by atoms with van der Waals surface area (Å²) in [4.78, 5) is 8.44. The van der Waals surface area contributed by atoms with Gasteiger partial charge < -0.3 is 10.4 Å². The van der Waals surface area contributed by atoms with E-state index in [1.807, 2.05) is 13.8 Å². The van der Waals surface area contributed by atoms with Crippen LogP contribution in [0, 0.1) is 12.7 Å². The van der Waals surface area contributed by atoms with Crippen LogP contribution < -0.4 is 5.32 Å². The molecular weight excluding hydrogens is 257 g/mol. The van der Waals surface area contributed by atoms with Crippen LogP contribution in [0.1, 0.15) is 18.9 Å². The molecular formula is C15H18FN3O. The summed E-state index contributed by atoms with van der Waals surface area (Å²) in [5.41, 5.74) is 1.87. The first kappa shape index (κ1) is 14.4. The number of nitrogens with zero attached hydrogens (tertiary/aromatic N) is 2. The number of aliphatic hydroxyl groups excluding tert-OH is 1. The van der Waals surface area contributed by atoms with Gasteiger partial charge >= 0.3 is 0 Å². The molecule has 0 bridgehead atoms. The second kappa shape index (κ2) is 6.43. The van der Waals surface area contributed by atoms with Crippen LogP contribution in [0.25, 0.3) is 11.3 Å². The van der Waals surface area contributed by atoms with Gasteiger partial charge in [-0.2, -0.15) is 0 Å². The van der Waals surface area contributed by atoms with Crippen molar-refractivity contribution in [1.82, 2.24) is 9.97 Å². The highest BCUT2D eigenvalue weighted by atomic mass is 19.1. The van der Waals surface area contributed by atoms with Gasteiger partial charge in [-0.1, -0.05) is 18.6 Å². The zero-order chi connectivity index (χ0) is 14.5. The summed E-state index contributed by atoms with van der Waals surface area (Å²) >= 11 is 0. The van der Waals surface area contributed by atoms with Crippen LogP contribution in [-0.4, -0.2) is 27.7 Å². The largest absolute Gasteiger partial charge is 0.394 e. The summed E-state index contributed by atoms with van der Waals surface area (Å²) in [5.74, 6) is 0.209. The van der Waals surface area contributed by atoms with E-state index >= 15 is 0 Å². The van der Waals surface area contributed by atoms with Gasteiger partial charge in [0.05, 0.1) is 30.7 Å². The van der Waals surface area contributed by atoms with Crippen molar-refractivity contribution in [3.8, 4) is 11.3 Å². The summed E-state index contributed by atoms with van der Waals surface area (Å²) < 4.78 is 13.9. The molecule has 0 saturated carbocycles. The average molecular weight is 275 g/mol. The maximum atomic E-state index is 13.9.